The van der Waals surface area contributed by atoms with E-state index in [2.05, 4.69) is 67.1 Å². The second kappa shape index (κ2) is 11.4. The summed E-state index contributed by atoms with van der Waals surface area (Å²) < 4.78 is 0.921. The maximum Gasteiger partial charge on any atom is 0.256 e. The van der Waals surface area contributed by atoms with Crippen molar-refractivity contribution in [1.29, 1.82) is 0 Å². The van der Waals surface area contributed by atoms with Gasteiger partial charge in [0, 0.05) is 46.1 Å². The predicted octanol–water partition coefficient (Wildman–Crippen LogP) is 7.43. The molecule has 1 aromatic carbocycles. The lowest BCUT2D eigenvalue weighted by atomic mass is 9.86. The van der Waals surface area contributed by atoms with Crippen LogP contribution in [-0.4, -0.2) is 37.0 Å². The second-order valence-electron chi connectivity index (χ2n) is 12.8. The highest BCUT2D eigenvalue weighted by Crippen LogP contribution is 2.53. The van der Waals surface area contributed by atoms with Crippen LogP contribution in [0.3, 0.4) is 0 Å². The van der Waals surface area contributed by atoms with E-state index in [1.165, 1.54) is 0 Å². The first kappa shape index (κ1) is 29.8. The molecule has 4 rings (SSSR count). The van der Waals surface area contributed by atoms with Crippen LogP contribution in [0.1, 0.15) is 107 Å². The number of nitrogens with one attached hydrogen (secondary N) is 1. The standard InChI is InChI=1S/C30H40BrN5O2S/c1-19(2)16-30(35-38-29(6,7)8)17-21(24-18-32-11-12-33-24)25(26-34-13-14-39-26)36(30)27(37)20-9-10-22(23(31)15-20)28(3,4)5/h9-15,18-19,21,25,35H,16-17H2,1-8H3/t21-,25-,30+/m1/s1. The first-order valence-electron chi connectivity index (χ1n) is 13.5. The minimum atomic E-state index is -0.799. The molecule has 1 N–H and O–H groups in total. The molecule has 3 aromatic rings. The molecule has 0 aliphatic carbocycles. The van der Waals surface area contributed by atoms with Crippen LogP contribution >= 0.6 is 27.3 Å². The number of aromatic nitrogens is 3. The zero-order valence-electron chi connectivity index (χ0n) is 24.2. The fourth-order valence-electron chi connectivity index (χ4n) is 5.41. The average Bonchev–Trinajstić information content (AvgIpc) is 3.48. The van der Waals surface area contributed by atoms with Crippen LogP contribution in [0.2, 0.25) is 0 Å². The molecule has 9 heteroatoms. The molecule has 0 bridgehead atoms. The van der Waals surface area contributed by atoms with Crippen molar-refractivity contribution < 1.29 is 9.63 Å². The number of hydroxylamine groups is 1. The molecule has 210 valence electrons. The Hall–Kier alpha value is -2.20. The summed E-state index contributed by atoms with van der Waals surface area (Å²) in [4.78, 5) is 36.7. The summed E-state index contributed by atoms with van der Waals surface area (Å²) in [6, 6.07) is 5.59. The van der Waals surface area contributed by atoms with Gasteiger partial charge >= 0.3 is 0 Å². The van der Waals surface area contributed by atoms with E-state index >= 15 is 0 Å². The maximum atomic E-state index is 14.7. The van der Waals surface area contributed by atoms with Crippen LogP contribution in [0.25, 0.3) is 0 Å². The summed E-state index contributed by atoms with van der Waals surface area (Å²) in [7, 11) is 0. The molecule has 3 atom stereocenters. The Labute approximate surface area is 244 Å². The number of thiazole rings is 1. The van der Waals surface area contributed by atoms with E-state index in [0.29, 0.717) is 18.4 Å². The maximum absolute atomic E-state index is 14.7. The third-order valence-corrected chi connectivity index (χ3v) is 8.38. The van der Waals surface area contributed by atoms with Crippen molar-refractivity contribution >= 4 is 33.2 Å². The highest BCUT2D eigenvalue weighted by atomic mass is 79.9. The Morgan fingerprint density at radius 1 is 1.18 bits per heavy atom. The van der Waals surface area contributed by atoms with Gasteiger partial charge in [0.05, 0.1) is 17.3 Å². The van der Waals surface area contributed by atoms with Crippen LogP contribution in [0.15, 0.2) is 52.8 Å². The summed E-state index contributed by atoms with van der Waals surface area (Å²) in [5.74, 6) is 0.0817. The van der Waals surface area contributed by atoms with Crippen LogP contribution < -0.4 is 5.48 Å². The quantitative estimate of drug-likeness (QED) is 0.279. The Morgan fingerprint density at radius 2 is 1.92 bits per heavy atom. The van der Waals surface area contributed by atoms with Crippen molar-refractivity contribution in [1.82, 2.24) is 25.3 Å². The van der Waals surface area contributed by atoms with E-state index in [4.69, 9.17) is 14.8 Å². The summed E-state index contributed by atoms with van der Waals surface area (Å²) in [5, 5.41) is 2.83. The molecule has 1 saturated heterocycles. The number of likely N-dealkylation sites (tertiary alicyclic amines) is 1. The van der Waals surface area contributed by atoms with Crippen LogP contribution in [0.4, 0.5) is 0 Å². The second-order valence-corrected chi connectivity index (χ2v) is 14.6. The molecule has 1 amide bonds. The van der Waals surface area contributed by atoms with Gasteiger partial charge in [-0.2, -0.15) is 5.48 Å². The first-order valence-corrected chi connectivity index (χ1v) is 15.1. The van der Waals surface area contributed by atoms with Crippen molar-refractivity contribution in [2.24, 2.45) is 5.92 Å². The van der Waals surface area contributed by atoms with E-state index in [0.717, 1.165) is 20.7 Å². The highest BCUT2D eigenvalue weighted by Gasteiger charge is 2.57. The predicted molar refractivity (Wildman–Crippen MR) is 159 cm³/mol. The number of rotatable bonds is 7. The zero-order valence-corrected chi connectivity index (χ0v) is 26.6. The van der Waals surface area contributed by atoms with Gasteiger partial charge < -0.3 is 4.90 Å². The topological polar surface area (TPSA) is 80.2 Å². The van der Waals surface area contributed by atoms with Crippen molar-refractivity contribution in [3.63, 3.8) is 0 Å². The van der Waals surface area contributed by atoms with E-state index in [1.807, 2.05) is 43.2 Å². The van der Waals surface area contributed by atoms with Gasteiger partial charge in [-0.3, -0.25) is 19.6 Å². The SMILES string of the molecule is CC(C)C[C@@]1(NOC(C)(C)C)C[C@H](c2cnccn2)[C@H](c2nccs2)N1C(=O)c1ccc(C(C)(C)C)c(Br)c1. The number of nitrogens with zero attached hydrogens (tertiary/aromatic N) is 4. The number of hydrogen-bond donors (Lipinski definition) is 1. The largest absolute Gasteiger partial charge is 0.308 e. The molecule has 3 heterocycles. The molecular formula is C30H40BrN5O2S. The van der Waals surface area contributed by atoms with Gasteiger partial charge in [0.15, 0.2) is 0 Å². The Bertz CT molecular complexity index is 1270. The molecule has 2 aromatic heterocycles. The molecule has 0 spiro atoms. The van der Waals surface area contributed by atoms with Crippen LogP contribution in [0.5, 0.6) is 0 Å². The minimum Gasteiger partial charge on any atom is -0.308 e. The van der Waals surface area contributed by atoms with E-state index in [1.54, 1.807) is 36.1 Å². The van der Waals surface area contributed by atoms with Gasteiger partial charge in [0.2, 0.25) is 0 Å². The van der Waals surface area contributed by atoms with Gasteiger partial charge in [-0.15, -0.1) is 11.3 Å². The molecule has 7 nitrogen and oxygen atoms in total. The summed E-state index contributed by atoms with van der Waals surface area (Å²) in [6.07, 6.45) is 8.29. The molecule has 1 fully saturated rings. The van der Waals surface area contributed by atoms with Gasteiger partial charge in [0.25, 0.3) is 5.91 Å². The van der Waals surface area contributed by atoms with Gasteiger partial charge in [-0.1, -0.05) is 56.6 Å². The molecular weight excluding hydrogens is 574 g/mol. The lowest BCUT2D eigenvalue weighted by Gasteiger charge is -2.43. The number of hydrogen-bond acceptors (Lipinski definition) is 7. The smallest absolute Gasteiger partial charge is 0.256 e. The highest BCUT2D eigenvalue weighted by molar-refractivity contribution is 9.10. The van der Waals surface area contributed by atoms with E-state index < -0.39 is 11.3 Å². The van der Waals surface area contributed by atoms with Crippen LogP contribution in [-0.2, 0) is 10.3 Å². The number of carbonyl (C=O) groups is 1. The summed E-state index contributed by atoms with van der Waals surface area (Å²) in [6.45, 7) is 16.9. The molecule has 1 aliphatic heterocycles. The number of benzene rings is 1. The van der Waals surface area contributed by atoms with Gasteiger partial charge in [-0.25, -0.2) is 4.98 Å². The zero-order chi connectivity index (χ0) is 28.6. The minimum absolute atomic E-state index is 0.0575. The summed E-state index contributed by atoms with van der Waals surface area (Å²) >= 11 is 5.30. The third-order valence-electron chi connectivity index (χ3n) is 6.88. The van der Waals surface area contributed by atoms with Crippen molar-refractivity contribution in [3.8, 4) is 0 Å². The molecule has 1 aliphatic rings. The van der Waals surface area contributed by atoms with Gasteiger partial charge in [-0.05, 0) is 62.6 Å². The van der Waals surface area contributed by atoms with E-state index in [-0.39, 0.29) is 29.2 Å². The number of amides is 1. The molecule has 0 saturated carbocycles. The fraction of sp³-hybridized carbons (Fsp3) is 0.533. The molecule has 0 unspecified atom stereocenters. The van der Waals surface area contributed by atoms with Crippen molar-refractivity contribution in [3.05, 3.63) is 74.7 Å². The van der Waals surface area contributed by atoms with Crippen molar-refractivity contribution in [2.75, 3.05) is 0 Å². The van der Waals surface area contributed by atoms with E-state index in [9.17, 15) is 4.79 Å². The van der Waals surface area contributed by atoms with Gasteiger partial charge in [0.1, 0.15) is 10.7 Å². The fourth-order valence-corrected chi connectivity index (χ4v) is 7.17. The lowest BCUT2D eigenvalue weighted by Crippen LogP contribution is -2.59. The van der Waals surface area contributed by atoms with Crippen molar-refractivity contribution in [2.45, 2.75) is 96.9 Å². The Morgan fingerprint density at radius 3 is 2.46 bits per heavy atom. The lowest BCUT2D eigenvalue weighted by molar-refractivity contribution is -0.146. The normalized spacial score (nSPS) is 22.1. The average molecular weight is 615 g/mol. The summed E-state index contributed by atoms with van der Waals surface area (Å²) in [5.41, 5.74) is 4.71. The molecule has 39 heavy (non-hydrogen) atoms. The third kappa shape index (κ3) is 6.59. The number of halogens is 1. The van der Waals surface area contributed by atoms with Crippen LogP contribution in [0, 0.1) is 5.92 Å². The monoisotopic (exact) mass is 613 g/mol. The first-order chi connectivity index (χ1) is 18.2. The number of carbonyl (C=O) groups excluding carboxylic acids is 1. The molecule has 0 radical (unpaired) electrons. The Kier molecular flexibility index (Phi) is 8.67. The Balaban J connectivity index is 1.91.